The fourth-order valence-corrected chi connectivity index (χ4v) is 4.02. The third-order valence-corrected chi connectivity index (χ3v) is 5.43. The lowest BCUT2D eigenvalue weighted by Crippen LogP contribution is -2.39. The Balaban J connectivity index is 1.81. The fraction of sp³-hybridized carbons (Fsp3) is 0.273. The molecule has 2 aromatic carbocycles. The Labute approximate surface area is 164 Å². The number of amides is 2. The van der Waals surface area contributed by atoms with Gasteiger partial charge in [0.25, 0.3) is 11.8 Å². The van der Waals surface area contributed by atoms with E-state index in [1.807, 2.05) is 30.3 Å². The molecule has 2 amide bonds. The van der Waals surface area contributed by atoms with Gasteiger partial charge in [0.05, 0.1) is 11.3 Å². The van der Waals surface area contributed by atoms with Crippen LogP contribution < -0.4 is 4.90 Å². The zero-order valence-electron chi connectivity index (χ0n) is 15.2. The Morgan fingerprint density at radius 2 is 1.67 bits per heavy atom. The number of halogens is 1. The number of nitrogens with zero attached hydrogens (tertiary/aromatic N) is 2. The Morgan fingerprint density at radius 3 is 2.33 bits per heavy atom. The predicted octanol–water partition coefficient (Wildman–Crippen LogP) is 4.36. The standard InChI is InChI=1S/C22H21ClN2O2/c1-15-6-5-13-24(14-15)20-19(16-7-3-2-4-8-16)21(26)25(22(20)27)18-11-9-17(23)10-12-18/h2-4,7-12,15H,5-6,13-14H2,1H3. The molecule has 0 radical (unpaired) electrons. The maximum atomic E-state index is 13.4. The molecule has 1 saturated heterocycles. The summed E-state index contributed by atoms with van der Waals surface area (Å²) in [5.74, 6) is -0.0345. The molecule has 138 valence electrons. The maximum Gasteiger partial charge on any atom is 0.282 e. The van der Waals surface area contributed by atoms with E-state index in [4.69, 9.17) is 11.6 Å². The van der Waals surface area contributed by atoms with Gasteiger partial charge in [-0.05, 0) is 48.6 Å². The number of hydrogen-bond donors (Lipinski definition) is 0. The van der Waals surface area contributed by atoms with Crippen molar-refractivity contribution in [2.24, 2.45) is 5.92 Å². The highest BCUT2D eigenvalue weighted by Gasteiger charge is 2.43. The topological polar surface area (TPSA) is 40.6 Å². The fourth-order valence-electron chi connectivity index (χ4n) is 3.89. The van der Waals surface area contributed by atoms with Crippen LogP contribution in [0.15, 0.2) is 60.3 Å². The van der Waals surface area contributed by atoms with Crippen molar-refractivity contribution in [3.8, 4) is 0 Å². The van der Waals surface area contributed by atoms with E-state index in [0.717, 1.165) is 31.5 Å². The van der Waals surface area contributed by atoms with E-state index in [0.29, 0.717) is 27.9 Å². The lowest BCUT2D eigenvalue weighted by Gasteiger charge is -2.33. The Kier molecular flexibility index (Phi) is 4.75. The van der Waals surface area contributed by atoms with E-state index in [-0.39, 0.29) is 11.8 Å². The van der Waals surface area contributed by atoms with Crippen molar-refractivity contribution < 1.29 is 9.59 Å². The van der Waals surface area contributed by atoms with E-state index in [1.54, 1.807) is 24.3 Å². The molecule has 1 atom stereocenters. The molecule has 0 saturated carbocycles. The van der Waals surface area contributed by atoms with E-state index in [2.05, 4.69) is 11.8 Å². The molecule has 2 aliphatic rings. The molecule has 0 aliphatic carbocycles. The normalized spacial score (nSPS) is 20.6. The van der Waals surface area contributed by atoms with E-state index >= 15 is 0 Å². The van der Waals surface area contributed by atoms with Gasteiger partial charge >= 0.3 is 0 Å². The number of imide groups is 1. The molecular formula is C22H21ClN2O2. The minimum Gasteiger partial charge on any atom is -0.366 e. The molecule has 4 nitrogen and oxygen atoms in total. The third kappa shape index (κ3) is 3.26. The lowest BCUT2D eigenvalue weighted by molar-refractivity contribution is -0.120. The summed E-state index contributed by atoms with van der Waals surface area (Å²) in [7, 11) is 0. The summed E-state index contributed by atoms with van der Waals surface area (Å²) in [6.45, 7) is 3.77. The van der Waals surface area contributed by atoms with Crippen LogP contribution in [-0.4, -0.2) is 29.8 Å². The summed E-state index contributed by atoms with van der Waals surface area (Å²) >= 11 is 5.98. The van der Waals surface area contributed by atoms with Crippen molar-refractivity contribution in [1.29, 1.82) is 0 Å². The number of likely N-dealkylation sites (tertiary alicyclic amines) is 1. The van der Waals surface area contributed by atoms with Crippen LogP contribution in [0.25, 0.3) is 5.57 Å². The average Bonchev–Trinajstić information content (AvgIpc) is 2.94. The molecule has 2 aliphatic heterocycles. The van der Waals surface area contributed by atoms with Crippen molar-refractivity contribution in [2.75, 3.05) is 18.0 Å². The van der Waals surface area contributed by atoms with Gasteiger partial charge in [-0.25, -0.2) is 4.90 Å². The Hall–Kier alpha value is -2.59. The molecular weight excluding hydrogens is 360 g/mol. The van der Waals surface area contributed by atoms with Gasteiger partial charge in [0.1, 0.15) is 5.70 Å². The molecule has 5 heteroatoms. The highest BCUT2D eigenvalue weighted by atomic mass is 35.5. The van der Waals surface area contributed by atoms with E-state index in [9.17, 15) is 9.59 Å². The molecule has 27 heavy (non-hydrogen) atoms. The number of piperidine rings is 1. The number of benzene rings is 2. The first-order valence-electron chi connectivity index (χ1n) is 9.25. The molecule has 0 bridgehead atoms. The highest BCUT2D eigenvalue weighted by molar-refractivity contribution is 6.45. The number of carbonyl (C=O) groups is 2. The van der Waals surface area contributed by atoms with Crippen LogP contribution in [0.5, 0.6) is 0 Å². The van der Waals surface area contributed by atoms with Crippen LogP contribution in [0.1, 0.15) is 25.3 Å². The van der Waals surface area contributed by atoms with Gasteiger partial charge in [-0.15, -0.1) is 0 Å². The largest absolute Gasteiger partial charge is 0.366 e. The lowest BCUT2D eigenvalue weighted by atomic mass is 9.98. The first-order valence-corrected chi connectivity index (χ1v) is 9.63. The Morgan fingerprint density at radius 1 is 0.963 bits per heavy atom. The second kappa shape index (κ2) is 7.20. The molecule has 4 rings (SSSR count). The van der Waals surface area contributed by atoms with Crippen molar-refractivity contribution in [1.82, 2.24) is 4.90 Å². The SMILES string of the molecule is CC1CCCN(C2=C(c3ccccc3)C(=O)N(c3ccc(Cl)cc3)C2=O)C1. The molecule has 0 aromatic heterocycles. The van der Waals surface area contributed by atoms with Gasteiger partial charge in [-0.2, -0.15) is 0 Å². The Bertz CT molecular complexity index is 906. The highest BCUT2D eigenvalue weighted by Crippen LogP contribution is 2.36. The second-order valence-electron chi connectivity index (χ2n) is 7.21. The van der Waals surface area contributed by atoms with Crippen molar-refractivity contribution >= 4 is 34.7 Å². The van der Waals surface area contributed by atoms with Gasteiger partial charge < -0.3 is 4.90 Å². The van der Waals surface area contributed by atoms with E-state index < -0.39 is 0 Å². The third-order valence-electron chi connectivity index (χ3n) is 5.18. The number of hydrogen-bond acceptors (Lipinski definition) is 3. The maximum absolute atomic E-state index is 13.4. The van der Waals surface area contributed by atoms with Crippen molar-refractivity contribution in [2.45, 2.75) is 19.8 Å². The summed E-state index contributed by atoms with van der Waals surface area (Å²) < 4.78 is 0. The zero-order chi connectivity index (χ0) is 19.0. The first-order chi connectivity index (χ1) is 13.1. The second-order valence-corrected chi connectivity index (χ2v) is 7.64. The minimum absolute atomic E-state index is 0.254. The summed E-state index contributed by atoms with van der Waals surface area (Å²) in [4.78, 5) is 30.0. The van der Waals surface area contributed by atoms with Gasteiger partial charge in [-0.3, -0.25) is 9.59 Å². The van der Waals surface area contributed by atoms with Crippen LogP contribution in [-0.2, 0) is 9.59 Å². The summed E-state index contributed by atoms with van der Waals surface area (Å²) in [5.41, 5.74) is 2.33. The molecule has 2 aromatic rings. The number of carbonyl (C=O) groups excluding carboxylic acids is 2. The average molecular weight is 381 g/mol. The molecule has 1 unspecified atom stereocenters. The summed E-state index contributed by atoms with van der Waals surface area (Å²) in [6.07, 6.45) is 2.17. The quantitative estimate of drug-likeness (QED) is 0.743. The van der Waals surface area contributed by atoms with Gasteiger partial charge in [0.2, 0.25) is 0 Å². The van der Waals surface area contributed by atoms with Crippen LogP contribution in [0.2, 0.25) is 5.02 Å². The predicted molar refractivity (Wildman–Crippen MR) is 107 cm³/mol. The van der Waals surface area contributed by atoms with Crippen LogP contribution >= 0.6 is 11.6 Å². The van der Waals surface area contributed by atoms with Crippen molar-refractivity contribution in [3.63, 3.8) is 0 Å². The van der Waals surface area contributed by atoms with Crippen LogP contribution in [0.3, 0.4) is 0 Å². The molecule has 0 spiro atoms. The zero-order valence-corrected chi connectivity index (χ0v) is 15.9. The van der Waals surface area contributed by atoms with E-state index in [1.165, 1.54) is 4.90 Å². The van der Waals surface area contributed by atoms with Crippen molar-refractivity contribution in [3.05, 3.63) is 70.9 Å². The monoisotopic (exact) mass is 380 g/mol. The number of rotatable bonds is 3. The molecule has 0 N–H and O–H groups in total. The van der Waals surface area contributed by atoms with Gasteiger partial charge in [0.15, 0.2) is 0 Å². The van der Waals surface area contributed by atoms with Gasteiger partial charge in [0, 0.05) is 18.1 Å². The first kappa shape index (κ1) is 17.8. The number of anilines is 1. The smallest absolute Gasteiger partial charge is 0.282 e. The van der Waals surface area contributed by atoms with Crippen LogP contribution in [0.4, 0.5) is 5.69 Å². The summed E-state index contributed by atoms with van der Waals surface area (Å²) in [6, 6.07) is 16.3. The molecule has 1 fully saturated rings. The minimum atomic E-state index is -0.276. The van der Waals surface area contributed by atoms with Gasteiger partial charge in [-0.1, -0.05) is 48.9 Å². The van der Waals surface area contributed by atoms with Crippen LogP contribution in [0, 0.1) is 5.92 Å². The molecule has 2 heterocycles. The summed E-state index contributed by atoms with van der Waals surface area (Å²) in [5, 5.41) is 0.569.